The fourth-order valence-corrected chi connectivity index (χ4v) is 6.09. The molecule has 0 bridgehead atoms. The third kappa shape index (κ3) is 4.27. The molecular weight excluding hydrogens is 661 g/mol. The van der Waals surface area contributed by atoms with Gasteiger partial charge in [0, 0.05) is 37.2 Å². The first-order valence-corrected chi connectivity index (χ1v) is 13.0. The van der Waals surface area contributed by atoms with E-state index in [1.54, 1.807) is 0 Å². The van der Waals surface area contributed by atoms with E-state index in [2.05, 4.69) is 70.6 Å². The minimum atomic E-state index is 0. The van der Waals surface area contributed by atoms with E-state index in [-0.39, 0.29) is 20.1 Å². The molecular formula is C34H20IrN2S-2. The first-order valence-electron chi connectivity index (χ1n) is 12.2. The summed E-state index contributed by atoms with van der Waals surface area (Å²) < 4.78 is 2.68. The number of aromatic nitrogens is 2. The second kappa shape index (κ2) is 10.4. The molecule has 0 spiro atoms. The van der Waals surface area contributed by atoms with Crippen LogP contribution in [-0.2, 0) is 20.1 Å². The average molecular weight is 681 g/mol. The van der Waals surface area contributed by atoms with Crippen molar-refractivity contribution in [1.82, 2.24) is 9.97 Å². The van der Waals surface area contributed by atoms with Crippen molar-refractivity contribution in [2.24, 2.45) is 0 Å². The largest absolute Gasteiger partial charge is 0.304 e. The number of rotatable bonds is 2. The van der Waals surface area contributed by atoms with E-state index in [4.69, 9.17) is 0 Å². The fourth-order valence-electron chi connectivity index (χ4n) is 4.95. The standard InChI is InChI=1S/C17H8NS.C17H12N.Ir/c1-4-10-11-6-3-9-18-17(11)12-5-2-8-14-16(12)15(10)13(7-1)19-14;1-3-7-14(8-4-1)16-11-12-17(18-13-16)15-9-5-2-6-10-15;/h1-4,6-9H;1-9,11-13H;/q2*-1;. The maximum absolute atomic E-state index is 4.58. The van der Waals surface area contributed by atoms with Crippen LogP contribution in [0.2, 0.25) is 0 Å². The van der Waals surface area contributed by atoms with Gasteiger partial charge in [-0.2, -0.15) is 11.3 Å². The van der Waals surface area contributed by atoms with Crippen molar-refractivity contribution in [3.05, 3.63) is 134 Å². The summed E-state index contributed by atoms with van der Waals surface area (Å²) >= 11 is 1.85. The Morgan fingerprint density at radius 1 is 0.579 bits per heavy atom. The predicted molar refractivity (Wildman–Crippen MR) is 156 cm³/mol. The maximum atomic E-state index is 4.58. The quantitative estimate of drug-likeness (QED) is 0.134. The Bertz CT molecular complexity index is 1820. The molecule has 1 radical (unpaired) electrons. The van der Waals surface area contributed by atoms with Gasteiger partial charge in [0.2, 0.25) is 0 Å². The second-order valence-electron chi connectivity index (χ2n) is 8.85. The summed E-state index contributed by atoms with van der Waals surface area (Å²) in [5, 5.41) is 6.37. The first kappa shape index (κ1) is 24.4. The maximum Gasteiger partial charge on any atom is 0.0251 e. The van der Waals surface area contributed by atoms with Crippen molar-refractivity contribution in [2.45, 2.75) is 0 Å². The molecule has 0 amide bonds. The van der Waals surface area contributed by atoms with Crippen molar-refractivity contribution in [1.29, 1.82) is 0 Å². The minimum Gasteiger partial charge on any atom is -0.304 e. The van der Waals surface area contributed by atoms with Crippen molar-refractivity contribution in [3.63, 3.8) is 0 Å². The van der Waals surface area contributed by atoms with Gasteiger partial charge in [-0.25, -0.2) is 0 Å². The Kier molecular flexibility index (Phi) is 6.69. The molecule has 0 atom stereocenters. The van der Waals surface area contributed by atoms with Crippen LogP contribution in [0.15, 0.2) is 122 Å². The average Bonchev–Trinajstić information content (AvgIpc) is 3.38. The van der Waals surface area contributed by atoms with Crippen LogP contribution in [0.3, 0.4) is 0 Å². The molecule has 8 aromatic rings. The van der Waals surface area contributed by atoms with E-state index >= 15 is 0 Å². The Hall–Kier alpha value is -3.95. The van der Waals surface area contributed by atoms with Crippen LogP contribution in [-0.4, -0.2) is 9.97 Å². The Morgan fingerprint density at radius 3 is 2.24 bits per heavy atom. The Balaban J connectivity index is 0.000000136. The summed E-state index contributed by atoms with van der Waals surface area (Å²) in [4.78, 5) is 9.08. The van der Waals surface area contributed by atoms with Crippen LogP contribution >= 0.6 is 11.3 Å². The van der Waals surface area contributed by atoms with E-state index < -0.39 is 0 Å². The monoisotopic (exact) mass is 681 g/mol. The van der Waals surface area contributed by atoms with E-state index in [1.807, 2.05) is 84.4 Å². The number of thiophene rings is 1. The van der Waals surface area contributed by atoms with Crippen LogP contribution < -0.4 is 0 Å². The molecule has 0 N–H and O–H groups in total. The molecule has 0 saturated carbocycles. The van der Waals surface area contributed by atoms with Gasteiger partial charge in [0.25, 0.3) is 0 Å². The number of fused-ring (bicyclic) bond motifs is 3. The predicted octanol–water partition coefficient (Wildman–Crippen LogP) is 9.21. The van der Waals surface area contributed by atoms with Gasteiger partial charge >= 0.3 is 0 Å². The normalized spacial score (nSPS) is 10.9. The molecule has 2 nitrogen and oxygen atoms in total. The SMILES string of the molecule is [Ir].[c-]1ccc2sc3cccc4c5cccnc5c1c2c34.[c-]1ccccc1-c1ccc(-c2ccccc2)cn1. The molecule has 3 heterocycles. The summed E-state index contributed by atoms with van der Waals surface area (Å²) in [6.07, 6.45) is 3.77. The van der Waals surface area contributed by atoms with Crippen molar-refractivity contribution >= 4 is 53.2 Å². The zero-order valence-electron chi connectivity index (χ0n) is 20.2. The van der Waals surface area contributed by atoms with Crippen LogP contribution in [0.1, 0.15) is 0 Å². The molecule has 4 heteroatoms. The van der Waals surface area contributed by atoms with E-state index in [0.29, 0.717) is 0 Å². The van der Waals surface area contributed by atoms with Gasteiger partial charge in [0.15, 0.2) is 0 Å². The van der Waals surface area contributed by atoms with Gasteiger partial charge < -0.3 is 9.97 Å². The molecule has 8 rings (SSSR count). The first-order chi connectivity index (χ1) is 18.4. The van der Waals surface area contributed by atoms with Crippen molar-refractivity contribution < 1.29 is 20.1 Å². The van der Waals surface area contributed by atoms with Crippen LogP contribution in [0, 0.1) is 12.1 Å². The number of nitrogens with zero attached hydrogens (tertiary/aromatic N) is 2. The summed E-state index contributed by atoms with van der Waals surface area (Å²) in [6, 6.07) is 43.7. The summed E-state index contributed by atoms with van der Waals surface area (Å²) in [7, 11) is 0. The molecule has 3 aromatic heterocycles. The number of hydrogen-bond donors (Lipinski definition) is 0. The summed E-state index contributed by atoms with van der Waals surface area (Å²) in [5.41, 5.74) is 5.36. The Morgan fingerprint density at radius 2 is 1.42 bits per heavy atom. The van der Waals surface area contributed by atoms with Crippen LogP contribution in [0.5, 0.6) is 0 Å². The van der Waals surface area contributed by atoms with Gasteiger partial charge in [0.05, 0.1) is 0 Å². The number of benzene rings is 5. The van der Waals surface area contributed by atoms with Gasteiger partial charge in [-0.1, -0.05) is 66.0 Å². The van der Waals surface area contributed by atoms with E-state index in [1.165, 1.54) is 36.5 Å². The topological polar surface area (TPSA) is 25.8 Å². The molecule has 5 aromatic carbocycles. The zero-order chi connectivity index (χ0) is 24.6. The smallest absolute Gasteiger partial charge is 0.0251 e. The molecule has 183 valence electrons. The summed E-state index contributed by atoms with van der Waals surface area (Å²) in [6.45, 7) is 0. The molecule has 0 aliphatic carbocycles. The number of pyridine rings is 2. The second-order valence-corrected chi connectivity index (χ2v) is 9.93. The van der Waals surface area contributed by atoms with Gasteiger partial charge in [-0.15, -0.1) is 59.5 Å². The van der Waals surface area contributed by atoms with Gasteiger partial charge in [-0.05, 0) is 55.3 Å². The van der Waals surface area contributed by atoms with Crippen molar-refractivity contribution in [2.75, 3.05) is 0 Å². The fraction of sp³-hybridized carbons (Fsp3) is 0. The zero-order valence-corrected chi connectivity index (χ0v) is 23.4. The van der Waals surface area contributed by atoms with Gasteiger partial charge in [-0.3, -0.25) is 0 Å². The van der Waals surface area contributed by atoms with Crippen molar-refractivity contribution in [3.8, 4) is 22.4 Å². The number of hydrogen-bond acceptors (Lipinski definition) is 3. The molecule has 0 aliphatic heterocycles. The molecule has 0 fully saturated rings. The third-order valence-electron chi connectivity index (χ3n) is 6.65. The van der Waals surface area contributed by atoms with Gasteiger partial charge in [0.1, 0.15) is 0 Å². The Labute approximate surface area is 238 Å². The molecule has 0 unspecified atom stereocenters. The van der Waals surface area contributed by atoms with E-state index in [9.17, 15) is 0 Å². The minimum absolute atomic E-state index is 0. The third-order valence-corrected chi connectivity index (χ3v) is 7.77. The van der Waals surface area contributed by atoms with E-state index in [0.717, 1.165) is 27.7 Å². The molecule has 0 aliphatic rings. The summed E-state index contributed by atoms with van der Waals surface area (Å²) in [5.74, 6) is 0. The van der Waals surface area contributed by atoms with Crippen LogP contribution in [0.4, 0.5) is 0 Å². The molecule has 38 heavy (non-hydrogen) atoms. The molecule has 0 saturated heterocycles. The van der Waals surface area contributed by atoms with Crippen LogP contribution in [0.25, 0.3) is 64.2 Å².